The molecule has 1 amide bonds. The standard InChI is InChI=1S/C16H22N2O3.ClH/c1-21-16(20)10-13-3-2-4-14(9-13)18-15(19)6-5-12-7-8-17-11-12;/h2-4,9,12,17H,5-8,10-11H2,1H3,(H,18,19);1H. The number of hydrogen-bond acceptors (Lipinski definition) is 4. The second-order valence-electron chi connectivity index (χ2n) is 5.40. The van der Waals surface area contributed by atoms with E-state index >= 15 is 0 Å². The van der Waals surface area contributed by atoms with Crippen LogP contribution in [0.2, 0.25) is 0 Å². The molecule has 2 N–H and O–H groups in total. The summed E-state index contributed by atoms with van der Waals surface area (Å²) in [6.45, 7) is 2.07. The maximum Gasteiger partial charge on any atom is 0.309 e. The minimum absolute atomic E-state index is 0. The van der Waals surface area contributed by atoms with Gasteiger partial charge in [-0.1, -0.05) is 12.1 Å². The third-order valence-corrected chi connectivity index (χ3v) is 3.73. The van der Waals surface area contributed by atoms with Crippen LogP contribution in [0, 0.1) is 5.92 Å². The number of ether oxygens (including phenoxy) is 1. The van der Waals surface area contributed by atoms with Crippen molar-refractivity contribution < 1.29 is 14.3 Å². The Kier molecular flexibility index (Phi) is 7.91. The Morgan fingerprint density at radius 3 is 2.91 bits per heavy atom. The lowest BCUT2D eigenvalue weighted by Gasteiger charge is -2.09. The number of halogens is 1. The summed E-state index contributed by atoms with van der Waals surface area (Å²) in [5, 5.41) is 6.19. The highest BCUT2D eigenvalue weighted by atomic mass is 35.5. The fourth-order valence-corrected chi connectivity index (χ4v) is 2.52. The lowest BCUT2D eigenvalue weighted by Crippen LogP contribution is -2.15. The SMILES string of the molecule is COC(=O)Cc1cccc(NC(=O)CCC2CCNC2)c1.Cl. The summed E-state index contributed by atoms with van der Waals surface area (Å²) < 4.78 is 4.64. The van der Waals surface area contributed by atoms with Gasteiger partial charge in [0, 0.05) is 12.1 Å². The molecule has 1 aliphatic heterocycles. The van der Waals surface area contributed by atoms with Gasteiger partial charge in [0.05, 0.1) is 13.5 Å². The van der Waals surface area contributed by atoms with Crippen molar-refractivity contribution in [2.75, 3.05) is 25.5 Å². The van der Waals surface area contributed by atoms with Gasteiger partial charge in [-0.25, -0.2) is 0 Å². The van der Waals surface area contributed by atoms with Crippen LogP contribution in [0.4, 0.5) is 5.69 Å². The molecule has 6 heteroatoms. The van der Waals surface area contributed by atoms with Gasteiger partial charge in [0.1, 0.15) is 0 Å². The Morgan fingerprint density at radius 2 is 2.23 bits per heavy atom. The molecular weight excluding hydrogens is 304 g/mol. The van der Waals surface area contributed by atoms with Crippen LogP contribution in [0.25, 0.3) is 0 Å². The van der Waals surface area contributed by atoms with E-state index in [4.69, 9.17) is 0 Å². The highest BCUT2D eigenvalue weighted by Gasteiger charge is 2.15. The highest BCUT2D eigenvalue weighted by molar-refractivity contribution is 5.90. The Morgan fingerprint density at radius 1 is 1.41 bits per heavy atom. The average Bonchev–Trinajstić information content (AvgIpc) is 2.98. The first-order valence-electron chi connectivity index (χ1n) is 7.33. The van der Waals surface area contributed by atoms with Gasteiger partial charge in [0.15, 0.2) is 0 Å². The summed E-state index contributed by atoms with van der Waals surface area (Å²) in [5.74, 6) is 0.353. The largest absolute Gasteiger partial charge is 0.469 e. The van der Waals surface area contributed by atoms with Crippen molar-refractivity contribution in [1.82, 2.24) is 5.32 Å². The molecule has 0 aromatic heterocycles. The molecule has 0 radical (unpaired) electrons. The molecule has 1 atom stereocenters. The Balaban J connectivity index is 0.00000242. The fraction of sp³-hybridized carbons (Fsp3) is 0.500. The molecule has 0 saturated carbocycles. The number of hydrogen-bond donors (Lipinski definition) is 2. The van der Waals surface area contributed by atoms with Gasteiger partial charge in [-0.3, -0.25) is 9.59 Å². The number of amides is 1. The van der Waals surface area contributed by atoms with Crippen LogP contribution in [0.5, 0.6) is 0 Å². The zero-order valence-corrected chi connectivity index (χ0v) is 13.6. The van der Waals surface area contributed by atoms with Crippen LogP contribution in [0.15, 0.2) is 24.3 Å². The van der Waals surface area contributed by atoms with E-state index in [0.717, 1.165) is 37.2 Å². The molecule has 0 aliphatic carbocycles. The maximum absolute atomic E-state index is 11.9. The first kappa shape index (κ1) is 18.5. The summed E-state index contributed by atoms with van der Waals surface area (Å²) >= 11 is 0. The molecule has 122 valence electrons. The van der Waals surface area contributed by atoms with Crippen molar-refractivity contribution in [3.05, 3.63) is 29.8 Å². The lowest BCUT2D eigenvalue weighted by molar-refractivity contribution is -0.139. The number of carbonyl (C=O) groups excluding carboxylic acids is 2. The van der Waals surface area contributed by atoms with Gasteiger partial charge >= 0.3 is 5.97 Å². The highest BCUT2D eigenvalue weighted by Crippen LogP contribution is 2.16. The summed E-state index contributed by atoms with van der Waals surface area (Å²) in [4.78, 5) is 23.2. The first-order valence-corrected chi connectivity index (χ1v) is 7.33. The number of carbonyl (C=O) groups is 2. The van der Waals surface area contributed by atoms with Crippen LogP contribution in [0.1, 0.15) is 24.8 Å². The van der Waals surface area contributed by atoms with Crippen LogP contribution < -0.4 is 10.6 Å². The van der Waals surface area contributed by atoms with Crippen molar-refractivity contribution in [1.29, 1.82) is 0 Å². The molecule has 1 unspecified atom stereocenters. The van der Waals surface area contributed by atoms with E-state index in [1.165, 1.54) is 7.11 Å². The summed E-state index contributed by atoms with van der Waals surface area (Å²) in [6, 6.07) is 7.31. The smallest absolute Gasteiger partial charge is 0.309 e. The number of nitrogens with one attached hydrogen (secondary N) is 2. The van der Waals surface area contributed by atoms with Crippen molar-refractivity contribution in [3.63, 3.8) is 0 Å². The molecule has 1 aromatic carbocycles. The Hall–Kier alpha value is -1.59. The molecule has 1 aromatic rings. The minimum atomic E-state index is -0.285. The Labute approximate surface area is 137 Å². The minimum Gasteiger partial charge on any atom is -0.469 e. The van der Waals surface area contributed by atoms with E-state index in [1.807, 2.05) is 24.3 Å². The van der Waals surface area contributed by atoms with E-state index in [-0.39, 0.29) is 30.7 Å². The zero-order valence-electron chi connectivity index (χ0n) is 12.8. The monoisotopic (exact) mass is 326 g/mol. The summed E-state index contributed by atoms with van der Waals surface area (Å²) in [7, 11) is 1.37. The zero-order chi connectivity index (χ0) is 15.1. The number of benzene rings is 1. The van der Waals surface area contributed by atoms with Gasteiger partial charge in [0.2, 0.25) is 5.91 Å². The van der Waals surface area contributed by atoms with Crippen LogP contribution in [-0.4, -0.2) is 32.1 Å². The molecule has 1 heterocycles. The summed E-state index contributed by atoms with van der Waals surface area (Å²) in [5.41, 5.74) is 1.56. The topological polar surface area (TPSA) is 67.4 Å². The van der Waals surface area contributed by atoms with Crippen molar-refractivity contribution >= 4 is 30.0 Å². The van der Waals surface area contributed by atoms with E-state index < -0.39 is 0 Å². The van der Waals surface area contributed by atoms with E-state index in [1.54, 1.807) is 0 Å². The van der Waals surface area contributed by atoms with E-state index in [0.29, 0.717) is 12.3 Å². The number of methoxy groups -OCH3 is 1. The predicted molar refractivity (Wildman–Crippen MR) is 88.3 cm³/mol. The predicted octanol–water partition coefficient (Wildman–Crippen LogP) is 2.15. The molecule has 1 saturated heterocycles. The Bertz CT molecular complexity index is 502. The molecular formula is C16H23ClN2O3. The molecule has 2 rings (SSSR count). The molecule has 5 nitrogen and oxygen atoms in total. The normalized spacial score (nSPS) is 16.7. The number of anilines is 1. The van der Waals surface area contributed by atoms with Gasteiger partial charge in [0.25, 0.3) is 0 Å². The second kappa shape index (κ2) is 9.43. The number of esters is 1. The van der Waals surface area contributed by atoms with Gasteiger partial charge in [-0.05, 0) is 49.5 Å². The molecule has 1 fully saturated rings. The molecule has 0 bridgehead atoms. The summed E-state index contributed by atoms with van der Waals surface area (Å²) in [6.07, 6.45) is 2.82. The van der Waals surface area contributed by atoms with Gasteiger partial charge < -0.3 is 15.4 Å². The number of rotatable bonds is 6. The lowest BCUT2D eigenvalue weighted by atomic mass is 10.0. The van der Waals surface area contributed by atoms with Crippen LogP contribution >= 0.6 is 12.4 Å². The second-order valence-corrected chi connectivity index (χ2v) is 5.40. The molecule has 22 heavy (non-hydrogen) atoms. The average molecular weight is 327 g/mol. The van der Waals surface area contributed by atoms with Crippen molar-refractivity contribution in [2.24, 2.45) is 5.92 Å². The first-order chi connectivity index (χ1) is 10.2. The van der Waals surface area contributed by atoms with Crippen LogP contribution in [0.3, 0.4) is 0 Å². The van der Waals surface area contributed by atoms with Crippen LogP contribution in [-0.2, 0) is 20.7 Å². The van der Waals surface area contributed by atoms with Crippen molar-refractivity contribution in [2.45, 2.75) is 25.7 Å². The van der Waals surface area contributed by atoms with E-state index in [9.17, 15) is 9.59 Å². The van der Waals surface area contributed by atoms with Gasteiger partial charge in [-0.2, -0.15) is 0 Å². The third-order valence-electron chi connectivity index (χ3n) is 3.73. The van der Waals surface area contributed by atoms with Crippen molar-refractivity contribution in [3.8, 4) is 0 Å². The molecule has 1 aliphatic rings. The van der Waals surface area contributed by atoms with Gasteiger partial charge in [-0.15, -0.1) is 12.4 Å². The van der Waals surface area contributed by atoms with E-state index in [2.05, 4.69) is 15.4 Å². The maximum atomic E-state index is 11.9. The quantitative estimate of drug-likeness (QED) is 0.786. The fourth-order valence-electron chi connectivity index (χ4n) is 2.52. The third kappa shape index (κ3) is 6.03. The molecule has 0 spiro atoms.